The van der Waals surface area contributed by atoms with Gasteiger partial charge < -0.3 is 9.84 Å². The van der Waals surface area contributed by atoms with Gasteiger partial charge in [0.2, 0.25) is 0 Å². The zero-order chi connectivity index (χ0) is 15.6. The standard InChI is InChI=1S/C19H22O2/c1-8-9(2)15-13(6)14(7)21-19-12(5)11(4)18(20)16(10(8)3)17(15)19/h20H,1-7H3. The molecule has 1 N–H and O–H groups in total. The van der Waals surface area contributed by atoms with Gasteiger partial charge in [0.25, 0.3) is 0 Å². The van der Waals surface area contributed by atoms with E-state index in [0.717, 1.165) is 44.5 Å². The Morgan fingerprint density at radius 2 is 1.29 bits per heavy atom. The molecular formula is C19H22O2. The lowest BCUT2D eigenvalue weighted by Gasteiger charge is -2.28. The lowest BCUT2D eigenvalue weighted by atomic mass is 9.83. The highest BCUT2D eigenvalue weighted by atomic mass is 16.5. The summed E-state index contributed by atoms with van der Waals surface area (Å²) >= 11 is 0. The van der Waals surface area contributed by atoms with E-state index in [0.29, 0.717) is 5.75 Å². The van der Waals surface area contributed by atoms with Gasteiger partial charge in [-0.15, -0.1) is 0 Å². The Labute approximate surface area is 126 Å². The number of aryl methyl sites for hydroxylation is 1. The fourth-order valence-electron chi connectivity index (χ4n) is 3.40. The second kappa shape index (κ2) is 4.27. The molecule has 110 valence electrons. The van der Waals surface area contributed by atoms with Crippen LogP contribution in [0.5, 0.6) is 11.5 Å². The van der Waals surface area contributed by atoms with Gasteiger partial charge in [-0.25, -0.2) is 0 Å². The molecule has 0 atom stereocenters. The third-order valence-corrected chi connectivity index (χ3v) is 5.26. The maximum absolute atomic E-state index is 10.7. The van der Waals surface area contributed by atoms with E-state index >= 15 is 0 Å². The zero-order valence-electron chi connectivity index (χ0n) is 13.9. The molecule has 21 heavy (non-hydrogen) atoms. The van der Waals surface area contributed by atoms with Crippen LogP contribution in [0.4, 0.5) is 0 Å². The molecule has 0 saturated carbocycles. The molecule has 0 unspecified atom stereocenters. The monoisotopic (exact) mass is 282 g/mol. The third kappa shape index (κ3) is 1.59. The maximum atomic E-state index is 10.7. The van der Waals surface area contributed by atoms with Crippen LogP contribution >= 0.6 is 0 Å². The Morgan fingerprint density at radius 1 is 0.667 bits per heavy atom. The van der Waals surface area contributed by atoms with Crippen molar-refractivity contribution in [2.75, 3.05) is 0 Å². The van der Waals surface area contributed by atoms with Crippen molar-refractivity contribution in [2.24, 2.45) is 0 Å². The van der Waals surface area contributed by atoms with Crippen LogP contribution in [0, 0.1) is 34.6 Å². The normalized spacial score (nSPS) is 13.9. The number of benzene rings is 2. The summed E-state index contributed by atoms with van der Waals surface area (Å²) in [6, 6.07) is 0. The Kier molecular flexibility index (Phi) is 2.84. The van der Waals surface area contributed by atoms with Gasteiger partial charge in [0.1, 0.15) is 17.3 Å². The molecule has 0 aromatic heterocycles. The predicted octanol–water partition coefficient (Wildman–Crippen LogP) is 5.23. The maximum Gasteiger partial charge on any atom is 0.138 e. The molecule has 3 rings (SSSR count). The molecule has 0 spiro atoms. The summed E-state index contributed by atoms with van der Waals surface area (Å²) < 4.78 is 6.10. The first-order valence-electron chi connectivity index (χ1n) is 7.38. The first-order valence-corrected chi connectivity index (χ1v) is 7.38. The first-order chi connectivity index (χ1) is 9.77. The number of allylic oxidation sites excluding steroid dienone is 2. The Hall–Kier alpha value is -1.96. The number of phenols is 1. The molecule has 2 aromatic carbocycles. The Balaban J connectivity index is 2.71. The van der Waals surface area contributed by atoms with Crippen LogP contribution in [-0.4, -0.2) is 5.11 Å². The van der Waals surface area contributed by atoms with Gasteiger partial charge in [0.05, 0.1) is 0 Å². The number of ether oxygens (including phenoxy) is 1. The van der Waals surface area contributed by atoms with Crippen molar-refractivity contribution in [1.82, 2.24) is 0 Å². The summed E-state index contributed by atoms with van der Waals surface area (Å²) in [7, 11) is 0. The van der Waals surface area contributed by atoms with Crippen molar-refractivity contribution < 1.29 is 9.84 Å². The fourth-order valence-corrected chi connectivity index (χ4v) is 3.40. The molecule has 0 amide bonds. The highest BCUT2D eigenvalue weighted by molar-refractivity contribution is 6.07. The van der Waals surface area contributed by atoms with E-state index in [9.17, 15) is 5.11 Å². The number of aromatic hydroxyl groups is 1. The van der Waals surface area contributed by atoms with Crippen LogP contribution in [0.25, 0.3) is 16.3 Å². The van der Waals surface area contributed by atoms with Gasteiger partial charge in [0, 0.05) is 10.8 Å². The summed E-state index contributed by atoms with van der Waals surface area (Å²) in [6.45, 7) is 14.5. The second-order valence-electron chi connectivity index (χ2n) is 6.21. The highest BCUT2D eigenvalue weighted by Crippen LogP contribution is 2.49. The van der Waals surface area contributed by atoms with Crippen molar-refractivity contribution in [2.45, 2.75) is 48.5 Å². The fraction of sp³-hybridized carbons (Fsp3) is 0.368. The molecule has 0 saturated heterocycles. The van der Waals surface area contributed by atoms with E-state index in [4.69, 9.17) is 4.74 Å². The molecule has 2 nitrogen and oxygen atoms in total. The summed E-state index contributed by atoms with van der Waals surface area (Å²) in [5.41, 5.74) is 7.99. The number of phenolic OH excluding ortho intramolecular Hbond substituents is 1. The molecular weight excluding hydrogens is 260 g/mol. The van der Waals surface area contributed by atoms with E-state index in [1.807, 2.05) is 20.8 Å². The minimum Gasteiger partial charge on any atom is -0.507 e. The molecule has 2 aromatic rings. The van der Waals surface area contributed by atoms with Crippen molar-refractivity contribution >= 4 is 16.3 Å². The lowest BCUT2D eigenvalue weighted by molar-refractivity contribution is 0.425. The SMILES string of the molecule is CC1=C(C)c2c(C)c(C)c(C)c3c(O)c(C)c(C)c(c23)O1. The topological polar surface area (TPSA) is 29.5 Å². The summed E-state index contributed by atoms with van der Waals surface area (Å²) in [6.07, 6.45) is 0. The first kappa shape index (κ1) is 14.0. The Bertz CT molecular complexity index is 831. The van der Waals surface area contributed by atoms with Gasteiger partial charge in [-0.1, -0.05) is 0 Å². The van der Waals surface area contributed by atoms with Crippen LogP contribution in [0.1, 0.15) is 47.2 Å². The van der Waals surface area contributed by atoms with Crippen LogP contribution in [0.2, 0.25) is 0 Å². The van der Waals surface area contributed by atoms with E-state index < -0.39 is 0 Å². The molecule has 0 bridgehead atoms. The van der Waals surface area contributed by atoms with Crippen molar-refractivity contribution in [3.63, 3.8) is 0 Å². The molecule has 1 aliphatic heterocycles. The Morgan fingerprint density at radius 3 is 1.90 bits per heavy atom. The third-order valence-electron chi connectivity index (χ3n) is 5.26. The molecule has 0 aliphatic carbocycles. The molecule has 1 aliphatic rings. The number of hydrogen-bond donors (Lipinski definition) is 1. The van der Waals surface area contributed by atoms with E-state index in [2.05, 4.69) is 27.7 Å². The molecule has 1 heterocycles. The van der Waals surface area contributed by atoms with Gasteiger partial charge >= 0.3 is 0 Å². The molecule has 2 heteroatoms. The van der Waals surface area contributed by atoms with Crippen LogP contribution in [0.3, 0.4) is 0 Å². The van der Waals surface area contributed by atoms with E-state index in [1.165, 1.54) is 16.7 Å². The minimum atomic E-state index is 0.393. The van der Waals surface area contributed by atoms with Gasteiger partial charge in [-0.3, -0.25) is 0 Å². The van der Waals surface area contributed by atoms with E-state index in [1.54, 1.807) is 0 Å². The summed E-state index contributed by atoms with van der Waals surface area (Å²) in [4.78, 5) is 0. The van der Waals surface area contributed by atoms with Crippen LogP contribution in [0.15, 0.2) is 5.76 Å². The second-order valence-corrected chi connectivity index (χ2v) is 6.21. The quantitative estimate of drug-likeness (QED) is 0.716. The summed E-state index contributed by atoms with van der Waals surface area (Å²) in [5, 5.41) is 12.7. The van der Waals surface area contributed by atoms with Gasteiger partial charge in [-0.2, -0.15) is 0 Å². The van der Waals surface area contributed by atoms with Gasteiger partial charge in [0.15, 0.2) is 0 Å². The smallest absolute Gasteiger partial charge is 0.138 e. The van der Waals surface area contributed by atoms with Crippen molar-refractivity contribution in [1.29, 1.82) is 0 Å². The van der Waals surface area contributed by atoms with Gasteiger partial charge in [-0.05, 0) is 87.4 Å². The van der Waals surface area contributed by atoms with Crippen LogP contribution < -0.4 is 4.74 Å². The number of hydrogen-bond acceptors (Lipinski definition) is 2. The average molecular weight is 282 g/mol. The number of rotatable bonds is 0. The minimum absolute atomic E-state index is 0.393. The highest BCUT2D eigenvalue weighted by Gasteiger charge is 2.27. The zero-order valence-corrected chi connectivity index (χ0v) is 13.9. The molecule has 0 radical (unpaired) electrons. The average Bonchev–Trinajstić information content (AvgIpc) is 2.45. The summed E-state index contributed by atoms with van der Waals surface area (Å²) in [5.74, 6) is 2.25. The van der Waals surface area contributed by atoms with E-state index in [-0.39, 0.29) is 0 Å². The largest absolute Gasteiger partial charge is 0.507 e. The lowest BCUT2D eigenvalue weighted by Crippen LogP contribution is -2.09. The predicted molar refractivity (Wildman–Crippen MR) is 88.2 cm³/mol. The molecule has 0 fully saturated rings. The van der Waals surface area contributed by atoms with Crippen LogP contribution in [-0.2, 0) is 0 Å². The van der Waals surface area contributed by atoms with Crippen molar-refractivity contribution in [3.05, 3.63) is 39.1 Å². The van der Waals surface area contributed by atoms with Crippen molar-refractivity contribution in [3.8, 4) is 11.5 Å².